The Morgan fingerprint density at radius 1 is 1.64 bits per heavy atom. The van der Waals surface area contributed by atoms with E-state index in [9.17, 15) is 0 Å². The SMILES string of the molecule is [B]C12CCC(CO)(O1)C(C)C2. The van der Waals surface area contributed by atoms with E-state index in [2.05, 4.69) is 6.92 Å². The van der Waals surface area contributed by atoms with E-state index in [1.54, 1.807) is 0 Å². The third-order valence-electron chi connectivity index (χ3n) is 3.20. The summed E-state index contributed by atoms with van der Waals surface area (Å²) >= 11 is 0. The minimum atomic E-state index is -0.415. The summed E-state index contributed by atoms with van der Waals surface area (Å²) in [5, 5.41) is 9.15. The van der Waals surface area contributed by atoms with Gasteiger partial charge in [0.05, 0.1) is 12.2 Å². The maximum Gasteiger partial charge on any atom is 0.113 e. The lowest BCUT2D eigenvalue weighted by Crippen LogP contribution is -2.36. The lowest BCUT2D eigenvalue weighted by molar-refractivity contribution is -0.0569. The van der Waals surface area contributed by atoms with Crippen LogP contribution in [0, 0.1) is 5.92 Å². The van der Waals surface area contributed by atoms with Crippen molar-refractivity contribution >= 4 is 7.85 Å². The van der Waals surface area contributed by atoms with E-state index in [1.165, 1.54) is 0 Å². The third-order valence-corrected chi connectivity index (χ3v) is 3.20. The first kappa shape index (κ1) is 7.62. The predicted molar refractivity (Wildman–Crippen MR) is 42.4 cm³/mol. The molecule has 0 aromatic rings. The van der Waals surface area contributed by atoms with Gasteiger partial charge in [-0.2, -0.15) is 0 Å². The van der Waals surface area contributed by atoms with Gasteiger partial charge in [-0.05, 0) is 25.2 Å². The number of fused-ring (bicyclic) bond motifs is 2. The van der Waals surface area contributed by atoms with Gasteiger partial charge >= 0.3 is 0 Å². The summed E-state index contributed by atoms with van der Waals surface area (Å²) in [7, 11) is 5.92. The monoisotopic (exact) mass is 152 g/mol. The Morgan fingerprint density at radius 3 is 2.64 bits per heavy atom. The second-order valence-corrected chi connectivity index (χ2v) is 3.99. The van der Waals surface area contributed by atoms with Gasteiger partial charge < -0.3 is 9.84 Å². The number of hydrogen-bond donors (Lipinski definition) is 1. The fraction of sp³-hybridized carbons (Fsp3) is 1.00. The molecule has 0 saturated carbocycles. The Balaban J connectivity index is 2.25. The van der Waals surface area contributed by atoms with E-state index in [1.807, 2.05) is 0 Å². The number of aliphatic hydroxyl groups excluding tert-OH is 1. The van der Waals surface area contributed by atoms with Crippen LogP contribution in [0.15, 0.2) is 0 Å². The molecular formula is C8H13BO2. The van der Waals surface area contributed by atoms with Gasteiger partial charge in [-0.3, -0.25) is 0 Å². The van der Waals surface area contributed by atoms with Gasteiger partial charge in [0.2, 0.25) is 0 Å². The van der Waals surface area contributed by atoms with Gasteiger partial charge in [-0.25, -0.2) is 0 Å². The molecule has 3 atom stereocenters. The highest BCUT2D eigenvalue weighted by atomic mass is 16.5. The van der Waals surface area contributed by atoms with Crippen molar-refractivity contribution in [3.8, 4) is 0 Å². The van der Waals surface area contributed by atoms with Gasteiger partial charge in [0.1, 0.15) is 7.85 Å². The van der Waals surface area contributed by atoms with Crippen LogP contribution in [0.3, 0.4) is 0 Å². The van der Waals surface area contributed by atoms with Gasteiger partial charge in [-0.15, -0.1) is 0 Å². The molecule has 2 nitrogen and oxygen atoms in total. The van der Waals surface area contributed by atoms with E-state index >= 15 is 0 Å². The number of aliphatic hydroxyl groups is 1. The molecule has 2 bridgehead atoms. The van der Waals surface area contributed by atoms with Crippen molar-refractivity contribution in [3.05, 3.63) is 0 Å². The molecule has 0 amide bonds. The van der Waals surface area contributed by atoms with E-state index in [4.69, 9.17) is 17.7 Å². The van der Waals surface area contributed by atoms with Crippen LogP contribution in [0.4, 0.5) is 0 Å². The van der Waals surface area contributed by atoms with E-state index in [0.717, 1.165) is 19.3 Å². The van der Waals surface area contributed by atoms with Crippen molar-refractivity contribution in [3.63, 3.8) is 0 Å². The Bertz CT molecular complexity index is 185. The highest BCUT2D eigenvalue weighted by Gasteiger charge is 2.56. The molecule has 60 valence electrons. The van der Waals surface area contributed by atoms with Crippen molar-refractivity contribution in [2.75, 3.05) is 6.61 Å². The van der Waals surface area contributed by atoms with Crippen LogP contribution in [0.1, 0.15) is 26.2 Å². The normalized spacial score (nSPS) is 55.3. The number of rotatable bonds is 1. The van der Waals surface area contributed by atoms with Crippen LogP contribution < -0.4 is 0 Å². The summed E-state index contributed by atoms with van der Waals surface area (Å²) in [4.78, 5) is 0. The molecule has 1 N–H and O–H groups in total. The second kappa shape index (κ2) is 2.02. The average Bonchev–Trinajstić information content (AvgIpc) is 2.39. The minimum Gasteiger partial charge on any atom is -0.393 e. The highest BCUT2D eigenvalue weighted by Crippen LogP contribution is 2.52. The van der Waals surface area contributed by atoms with Crippen LogP contribution in [0.2, 0.25) is 0 Å². The molecule has 2 aliphatic rings. The summed E-state index contributed by atoms with van der Waals surface area (Å²) in [5.41, 5.74) is -0.711. The largest absolute Gasteiger partial charge is 0.393 e. The van der Waals surface area contributed by atoms with Crippen LogP contribution in [-0.4, -0.2) is 30.7 Å². The molecule has 2 radical (unpaired) electrons. The summed E-state index contributed by atoms with van der Waals surface area (Å²) in [5.74, 6) is 0.409. The first-order valence-electron chi connectivity index (χ1n) is 4.20. The summed E-state index contributed by atoms with van der Waals surface area (Å²) in [6.45, 7) is 2.22. The van der Waals surface area contributed by atoms with Crippen molar-refractivity contribution in [1.82, 2.24) is 0 Å². The first-order chi connectivity index (χ1) is 5.10. The summed E-state index contributed by atoms with van der Waals surface area (Å²) < 4.78 is 5.64. The van der Waals surface area contributed by atoms with Crippen molar-refractivity contribution in [2.24, 2.45) is 5.92 Å². The maximum absolute atomic E-state index is 9.15. The van der Waals surface area contributed by atoms with Crippen molar-refractivity contribution in [2.45, 2.75) is 37.3 Å². The fourth-order valence-electron chi connectivity index (χ4n) is 2.39. The van der Waals surface area contributed by atoms with Crippen LogP contribution >= 0.6 is 0 Å². The Hall–Kier alpha value is -0.0151. The van der Waals surface area contributed by atoms with Crippen molar-refractivity contribution < 1.29 is 9.84 Å². The van der Waals surface area contributed by atoms with Crippen LogP contribution in [0.25, 0.3) is 0 Å². The topological polar surface area (TPSA) is 29.5 Å². The molecule has 3 unspecified atom stereocenters. The zero-order chi connectivity index (χ0) is 8.11. The smallest absolute Gasteiger partial charge is 0.113 e. The molecule has 11 heavy (non-hydrogen) atoms. The van der Waals surface area contributed by atoms with Crippen LogP contribution in [-0.2, 0) is 4.74 Å². The lowest BCUT2D eigenvalue weighted by Gasteiger charge is -2.27. The lowest BCUT2D eigenvalue weighted by atomic mass is 9.67. The predicted octanol–water partition coefficient (Wildman–Crippen LogP) is 0.432. The van der Waals surface area contributed by atoms with Gasteiger partial charge in [0.25, 0.3) is 0 Å². The molecule has 2 heterocycles. The molecule has 0 aromatic heterocycles. The van der Waals surface area contributed by atoms with E-state index in [-0.39, 0.29) is 12.2 Å². The fourth-order valence-corrected chi connectivity index (χ4v) is 2.39. The van der Waals surface area contributed by atoms with Gasteiger partial charge in [0, 0.05) is 5.50 Å². The van der Waals surface area contributed by atoms with Gasteiger partial charge in [0.15, 0.2) is 0 Å². The van der Waals surface area contributed by atoms with E-state index in [0.29, 0.717) is 5.92 Å². The second-order valence-electron chi connectivity index (χ2n) is 3.99. The minimum absolute atomic E-state index is 0.118. The zero-order valence-corrected chi connectivity index (χ0v) is 6.84. The standard InChI is InChI=1S/C8H13BO2/c1-6-4-8(9)3-2-7(6,5-10)11-8/h6,10H,2-5H2,1H3. The molecule has 2 aliphatic heterocycles. The third kappa shape index (κ3) is 0.874. The Kier molecular flexibility index (Phi) is 1.40. The quantitative estimate of drug-likeness (QED) is 0.552. The molecule has 2 saturated heterocycles. The molecule has 0 aromatic carbocycles. The molecular weight excluding hydrogens is 139 g/mol. The molecule has 3 heteroatoms. The van der Waals surface area contributed by atoms with Crippen molar-refractivity contribution in [1.29, 1.82) is 0 Å². The zero-order valence-electron chi connectivity index (χ0n) is 6.84. The Labute approximate surface area is 68.3 Å². The van der Waals surface area contributed by atoms with E-state index < -0.39 is 5.50 Å². The highest BCUT2D eigenvalue weighted by molar-refractivity contribution is 6.15. The average molecular weight is 152 g/mol. The molecule has 2 fully saturated rings. The van der Waals surface area contributed by atoms with Crippen LogP contribution in [0.5, 0.6) is 0 Å². The maximum atomic E-state index is 9.15. The Morgan fingerprint density at radius 2 is 2.36 bits per heavy atom. The summed E-state index contributed by atoms with van der Waals surface area (Å²) in [6.07, 6.45) is 2.71. The van der Waals surface area contributed by atoms with Gasteiger partial charge in [-0.1, -0.05) is 6.92 Å². The number of hydrogen-bond acceptors (Lipinski definition) is 2. The molecule has 2 rings (SSSR count). The summed E-state index contributed by atoms with van der Waals surface area (Å²) in [6, 6.07) is 0. The molecule has 0 aliphatic carbocycles. The number of ether oxygens (including phenoxy) is 1. The first-order valence-corrected chi connectivity index (χ1v) is 4.20. The molecule has 0 spiro atoms.